The number of anilines is 3. The van der Waals surface area contributed by atoms with Gasteiger partial charge in [-0.2, -0.15) is 4.98 Å². The number of fused-ring (bicyclic) bond motifs is 2. The number of aryl methyl sites for hydroxylation is 2. The molecule has 734 valence electrons. The maximum atomic E-state index is 12.9. The van der Waals surface area contributed by atoms with Gasteiger partial charge in [-0.05, 0) is 286 Å². The number of aliphatic hydroxyl groups excluding tert-OH is 1. The number of likely N-dealkylation sites (tertiary alicyclic amines) is 3. The number of aliphatic hydroxyl groups is 1. The number of hydrogen-bond acceptors (Lipinski definition) is 31. The molecule has 5 saturated heterocycles. The van der Waals surface area contributed by atoms with Crippen LogP contribution in [0.15, 0.2) is 91.8 Å². The number of aromatic nitrogens is 9. The van der Waals surface area contributed by atoms with Crippen molar-refractivity contribution < 1.29 is 181 Å². The third-order valence-electron chi connectivity index (χ3n) is 25.3. The number of rotatable bonds is 11. The summed E-state index contributed by atoms with van der Waals surface area (Å²) in [6.45, 7) is 32.1. The maximum Gasteiger partial charge on any atom is 1.00 e. The first-order valence-corrected chi connectivity index (χ1v) is 48.9. The van der Waals surface area contributed by atoms with Gasteiger partial charge in [-0.3, -0.25) is 33.1 Å². The number of piperidine rings is 5. The van der Waals surface area contributed by atoms with Crippen molar-refractivity contribution in [3.63, 3.8) is 0 Å². The molecule has 3 amide bonds. The fourth-order valence-corrected chi connectivity index (χ4v) is 19.3. The molecule has 0 atom stereocenters. The Labute approximate surface area is 906 Å². The minimum absolute atomic E-state index is 0. The Morgan fingerprint density at radius 3 is 1.16 bits per heavy atom. The van der Waals surface area contributed by atoms with E-state index >= 15 is 0 Å². The largest absolute Gasteiger partial charge is 1.00 e. The Morgan fingerprint density at radius 1 is 0.526 bits per heavy atom. The third kappa shape index (κ3) is 34.5. The van der Waals surface area contributed by atoms with Gasteiger partial charge in [0.2, 0.25) is 15.0 Å². The number of Topliss-reactive ketones (excluding diaryl/α,β-unsaturated/α-hetero) is 2. The van der Waals surface area contributed by atoms with Crippen molar-refractivity contribution in [2.75, 3.05) is 101 Å². The zero-order valence-electron chi connectivity index (χ0n) is 82.5. The number of thioether (sulfide) groups is 1. The molecule has 0 unspecified atom stereocenters. The standard InChI is InChI=1S/C19H28N4O4.C19H30N4O2.C16H19N3O4S.C16H19N3O2S.C15H27NO2.C5H3BrN2O2.CH2O3.CH4O.HI.2K.H/c1-18(2,3)27-17(24)22-12-8-19(9-13-22)6-10-21(11-7-19)15-4-5-16(20-14-15)23(25)26;1-18(2,3)25-17(24)23-12-8-19(9-13-23)6-10-22(11-7-19)15-4-5-16(20)21-14-15;1-9-12-8-17-16(24(3,22)23)18-14(12)19(11-6-4-5-7-11)15(21)13(9)10(2)20;1-9-12-8-17-16(22-3)18-14(12)19(11-6-4-5-7-11)15(21)13(9)10(2)20;1-14(2,3)18-13(17)16-11-9-15(10-12-16)7-5-4-6-8-15;6-4-1-2-5(7-3-4)8(9)10;2-1-4-3;1-2;;;;/h4-5,14H,6-13H2,1-3H3;4-5,14H,6-13H2,1-3H3,(H2,20,21);8,11H,4-7H2,1-3H3;8,11H,4-7H2,1-3H3;4-12H2,1-3H3;1-3H;1,3H;2H,1H3;1H;;;/q;;;;;;;;;2*+1;-1/p-1. The van der Waals surface area contributed by atoms with Gasteiger partial charge in [0.1, 0.15) is 33.9 Å². The smallest absolute Gasteiger partial charge is 1.00 e. The van der Waals surface area contributed by atoms with Gasteiger partial charge in [0.25, 0.3) is 17.6 Å². The monoisotopic (exact) mass is 2140 g/mol. The first-order valence-electron chi connectivity index (χ1n) is 45.0. The Kier molecular flexibility index (Phi) is 47.6. The number of pyridine rings is 5. The van der Waals surface area contributed by atoms with E-state index in [1.807, 2.05) is 109 Å². The van der Waals surface area contributed by atoms with Gasteiger partial charge < -0.3 is 81.4 Å². The summed E-state index contributed by atoms with van der Waals surface area (Å²) in [5.74, 6) is -0.194. The van der Waals surface area contributed by atoms with Crippen molar-refractivity contribution >= 4 is 149 Å². The number of halogens is 2. The summed E-state index contributed by atoms with van der Waals surface area (Å²) >= 11 is 4.56. The quantitative estimate of drug-likeness (QED) is 0.0116. The maximum absolute atomic E-state index is 12.9. The van der Waals surface area contributed by atoms with E-state index in [1.165, 1.54) is 112 Å². The number of amides is 3. The van der Waals surface area contributed by atoms with E-state index in [0.29, 0.717) is 49.6 Å². The molecule has 8 fully saturated rings. The van der Waals surface area contributed by atoms with Crippen LogP contribution in [0.3, 0.4) is 0 Å². The molecule has 8 aliphatic rings. The second kappa shape index (κ2) is 54.0. The second-order valence-electron chi connectivity index (χ2n) is 37.9. The van der Waals surface area contributed by atoms with Crippen molar-refractivity contribution in [3.05, 3.63) is 135 Å². The summed E-state index contributed by atoms with van der Waals surface area (Å²) in [5.41, 5.74) is 9.66. The van der Waals surface area contributed by atoms with Crippen LogP contribution in [-0.4, -0.2) is 220 Å². The summed E-state index contributed by atoms with van der Waals surface area (Å²) < 4.78 is 44.0. The van der Waals surface area contributed by atoms with Crippen LogP contribution in [0, 0.1) is 50.3 Å². The van der Waals surface area contributed by atoms with Crippen molar-refractivity contribution in [2.45, 2.75) is 277 Å². The van der Waals surface area contributed by atoms with E-state index in [9.17, 15) is 62.2 Å². The molecule has 5 aliphatic heterocycles. The predicted octanol–water partition coefficient (Wildman–Crippen LogP) is 10.4. The van der Waals surface area contributed by atoms with Gasteiger partial charge in [-0.25, -0.2) is 42.7 Å². The Balaban J connectivity index is 0.000000340. The molecule has 7 aromatic heterocycles. The fraction of sp³-hybridized carbons (Fsp3) is 0.620. The number of nitrogens with two attached hydrogens (primary N) is 1. The molecular formula is C92H133BrIK2N17O20S2. The Hall–Kier alpha value is -6.45. The van der Waals surface area contributed by atoms with E-state index in [0.717, 1.165) is 190 Å². The zero-order chi connectivity index (χ0) is 97.4. The molecule has 12 heterocycles. The number of nitro groups is 2. The molecule has 3 saturated carbocycles. The molecule has 0 bridgehead atoms. The number of nitrogens with zero attached hydrogens (tertiary/aromatic N) is 16. The van der Waals surface area contributed by atoms with E-state index in [1.54, 1.807) is 36.0 Å². The van der Waals surface area contributed by atoms with Crippen LogP contribution < -0.4 is 135 Å². The van der Waals surface area contributed by atoms with E-state index in [2.05, 4.69) is 65.5 Å². The molecule has 37 nitrogen and oxygen atoms in total. The van der Waals surface area contributed by atoms with E-state index < -0.39 is 36.4 Å². The van der Waals surface area contributed by atoms with Crippen molar-refractivity contribution in [2.24, 2.45) is 16.2 Å². The molecule has 3 N–H and O–H groups in total. The van der Waals surface area contributed by atoms with E-state index in [4.69, 9.17) is 35.1 Å². The molecule has 0 aromatic carbocycles. The predicted molar refractivity (Wildman–Crippen MR) is 521 cm³/mol. The summed E-state index contributed by atoms with van der Waals surface area (Å²) in [4.78, 5) is 156. The average Bonchev–Trinajstić information content (AvgIpc) is 0.895. The van der Waals surface area contributed by atoms with Gasteiger partial charge in [0.05, 0.1) is 33.2 Å². The Bertz CT molecular complexity index is 5370. The topological polar surface area (TPSA) is 480 Å². The SMILES string of the molecule is CC(=O)c1c(C)c2cnc(S(C)(=O)=O)nc2n(C2CCCC2)c1=O.CC(C)(C)OC(=O)N1CCC2(CC1)CCN(c1ccc(N)nc1)CC2.CC(C)(C)OC(=O)N1CCC2(CC1)CCN(c1ccc([N+](=O)[O-])nc1)CC2.CC(C)(C)OC(=O)N1CCC2(CCCCC2)CC1.CO.CSc1ncc2c(C)c(C(C)=O)c(=O)n(C3CCCC3)c2n1.I.O=CO[O-].O=[N+]([O-])c1ccc(Br)cn1.[H-].[K+].[K+]. The molecule has 15 rings (SSSR count). The van der Waals surface area contributed by atoms with Crippen LogP contribution in [0.4, 0.5) is 43.2 Å². The normalized spacial score (nSPS) is 17.3. The average molecular weight is 2150 g/mol. The second-order valence-corrected chi connectivity index (χ2v) is 41.5. The van der Waals surface area contributed by atoms with Crippen LogP contribution in [-0.2, 0) is 33.7 Å². The molecule has 7 aromatic rings. The van der Waals surface area contributed by atoms with Crippen molar-refractivity contribution in [1.29, 1.82) is 0 Å². The summed E-state index contributed by atoms with van der Waals surface area (Å²) in [7, 11) is -2.59. The molecule has 3 spiro atoms. The number of ether oxygens (including phenoxy) is 3. The third-order valence-corrected chi connectivity index (χ3v) is 27.2. The number of nitrogen functional groups attached to an aromatic ring is 1. The van der Waals surface area contributed by atoms with Crippen molar-refractivity contribution in [1.82, 2.24) is 58.7 Å². The minimum atomic E-state index is -3.59. The van der Waals surface area contributed by atoms with Gasteiger partial charge >= 0.3 is 133 Å². The first-order chi connectivity index (χ1) is 62.2. The van der Waals surface area contributed by atoms with Crippen LogP contribution in [0.2, 0.25) is 0 Å². The summed E-state index contributed by atoms with van der Waals surface area (Å²) in [5, 5.41) is 37.9. The van der Waals surface area contributed by atoms with Crippen LogP contribution >= 0.6 is 51.7 Å². The summed E-state index contributed by atoms with van der Waals surface area (Å²) in [6.07, 6.45) is 36.0. The molecule has 3 aliphatic carbocycles. The van der Waals surface area contributed by atoms with Gasteiger partial charge in [0.15, 0.2) is 29.1 Å². The fourth-order valence-electron chi connectivity index (χ4n) is 18.2. The molecule has 0 radical (unpaired) electrons. The van der Waals surface area contributed by atoms with Gasteiger partial charge in [0, 0.05) is 126 Å². The van der Waals surface area contributed by atoms with Crippen LogP contribution in [0.5, 0.6) is 0 Å². The number of carbonyl (C=O) groups is 6. The number of sulfone groups is 1. The van der Waals surface area contributed by atoms with Gasteiger partial charge in [-0.1, -0.05) is 56.7 Å². The molecular weight excluding hydrogens is 2010 g/mol. The number of carbonyl (C=O) groups excluding carboxylic acids is 6. The van der Waals surface area contributed by atoms with E-state index in [-0.39, 0.29) is 221 Å². The zero-order valence-corrected chi connectivity index (χ0v) is 93.3. The van der Waals surface area contributed by atoms with Crippen LogP contribution in [0.1, 0.15) is 269 Å². The minimum Gasteiger partial charge on any atom is -1.00 e. The first kappa shape index (κ1) is 119. The number of ketones is 2. The van der Waals surface area contributed by atoms with Crippen LogP contribution in [0.25, 0.3) is 22.1 Å². The number of hydrogen-bond donors (Lipinski definition) is 2. The summed E-state index contributed by atoms with van der Waals surface area (Å²) in [6, 6.07) is 10.1. The van der Waals surface area contributed by atoms with Gasteiger partial charge in [-0.15, -0.1) is 24.0 Å². The molecule has 135 heavy (non-hydrogen) atoms. The molecule has 43 heteroatoms. The Morgan fingerprint density at radius 2 is 0.859 bits per heavy atom. The van der Waals surface area contributed by atoms with Crippen molar-refractivity contribution in [3.8, 4) is 0 Å².